The minimum atomic E-state index is 0.381. The molecule has 0 saturated carbocycles. The van der Waals surface area contributed by atoms with E-state index in [0.717, 1.165) is 6.61 Å². The first-order chi connectivity index (χ1) is 6.56. The van der Waals surface area contributed by atoms with Crippen molar-refractivity contribution in [2.24, 2.45) is 5.41 Å². The summed E-state index contributed by atoms with van der Waals surface area (Å²) in [6, 6.07) is 0. The van der Waals surface area contributed by atoms with Gasteiger partial charge in [0.25, 0.3) is 0 Å². The Kier molecular flexibility index (Phi) is 2.56. The quantitative estimate of drug-likeness (QED) is 0.687. The molecule has 0 fully saturated rings. The molecule has 0 amide bonds. The van der Waals surface area contributed by atoms with Crippen molar-refractivity contribution in [2.75, 3.05) is 6.61 Å². The molecule has 0 bridgehead atoms. The van der Waals surface area contributed by atoms with Gasteiger partial charge in [0.05, 0.1) is 6.61 Å². The summed E-state index contributed by atoms with van der Waals surface area (Å²) in [6.07, 6.45) is 3.56. The van der Waals surface area contributed by atoms with E-state index in [1.54, 1.807) is 11.3 Å². The van der Waals surface area contributed by atoms with Crippen molar-refractivity contribution < 1.29 is 4.74 Å². The Hall–Kier alpha value is -0.500. The number of ether oxygens (including phenoxy) is 1. The van der Waals surface area contributed by atoms with Gasteiger partial charge < -0.3 is 4.74 Å². The average molecular weight is 210 g/mol. The molecule has 1 aliphatic rings. The van der Waals surface area contributed by atoms with E-state index in [0.29, 0.717) is 5.41 Å². The Bertz CT molecular complexity index is 320. The molecule has 0 atom stereocenters. The van der Waals surface area contributed by atoms with Crippen LogP contribution in [0.2, 0.25) is 0 Å². The molecule has 0 spiro atoms. The van der Waals surface area contributed by atoms with Gasteiger partial charge in [-0.2, -0.15) is 0 Å². The molecule has 0 radical (unpaired) electrons. The molecule has 2 heteroatoms. The van der Waals surface area contributed by atoms with Gasteiger partial charge in [0.15, 0.2) is 5.06 Å². The molecule has 1 nitrogen and oxygen atoms in total. The van der Waals surface area contributed by atoms with Gasteiger partial charge >= 0.3 is 0 Å². The highest BCUT2D eigenvalue weighted by atomic mass is 32.1. The van der Waals surface area contributed by atoms with Gasteiger partial charge in [-0.15, -0.1) is 11.3 Å². The Morgan fingerprint density at radius 3 is 2.93 bits per heavy atom. The fraction of sp³-hybridized carbons (Fsp3) is 0.667. The average Bonchev–Trinajstić information content (AvgIpc) is 2.47. The van der Waals surface area contributed by atoms with Crippen LogP contribution in [0.5, 0.6) is 5.06 Å². The lowest BCUT2D eigenvalue weighted by Gasteiger charge is -2.20. The molecule has 2 heterocycles. The zero-order valence-corrected chi connectivity index (χ0v) is 10.0. The Labute approximate surface area is 90.1 Å². The van der Waals surface area contributed by atoms with E-state index in [1.165, 1.54) is 35.5 Å². The zero-order valence-electron chi connectivity index (χ0n) is 9.22. The monoisotopic (exact) mass is 210 g/mol. The molecule has 0 aromatic carbocycles. The molecule has 1 aromatic heterocycles. The fourth-order valence-corrected chi connectivity index (χ4v) is 2.92. The van der Waals surface area contributed by atoms with Crippen molar-refractivity contribution >= 4 is 11.3 Å². The van der Waals surface area contributed by atoms with E-state index < -0.39 is 0 Å². The number of rotatable bonds is 1. The molecule has 2 rings (SSSR count). The van der Waals surface area contributed by atoms with Crippen LogP contribution in [0.15, 0.2) is 5.38 Å². The van der Waals surface area contributed by atoms with E-state index in [2.05, 4.69) is 26.2 Å². The van der Waals surface area contributed by atoms with Gasteiger partial charge in [0.2, 0.25) is 0 Å². The van der Waals surface area contributed by atoms with Crippen molar-refractivity contribution in [1.82, 2.24) is 0 Å². The van der Waals surface area contributed by atoms with E-state index in [4.69, 9.17) is 4.74 Å². The SMILES string of the molecule is CC(C)(C)Cc1csc2c1CCCO2. The van der Waals surface area contributed by atoms with E-state index in [1.807, 2.05) is 0 Å². The molecule has 1 aliphatic heterocycles. The molecule has 0 N–H and O–H groups in total. The van der Waals surface area contributed by atoms with E-state index in [9.17, 15) is 0 Å². The molecule has 78 valence electrons. The highest BCUT2D eigenvalue weighted by Gasteiger charge is 2.20. The van der Waals surface area contributed by atoms with Crippen LogP contribution in [0.25, 0.3) is 0 Å². The van der Waals surface area contributed by atoms with Crippen molar-refractivity contribution in [3.8, 4) is 5.06 Å². The summed E-state index contributed by atoms with van der Waals surface area (Å²) in [7, 11) is 0. The molecule has 0 aliphatic carbocycles. The van der Waals surface area contributed by atoms with Crippen LogP contribution in [0, 0.1) is 5.41 Å². The van der Waals surface area contributed by atoms with Crippen LogP contribution in [-0.4, -0.2) is 6.61 Å². The zero-order chi connectivity index (χ0) is 10.2. The van der Waals surface area contributed by atoms with Crippen LogP contribution in [0.4, 0.5) is 0 Å². The van der Waals surface area contributed by atoms with Crippen molar-refractivity contribution in [3.05, 3.63) is 16.5 Å². The molecular weight excluding hydrogens is 192 g/mol. The predicted octanol–water partition coefficient (Wildman–Crippen LogP) is 3.66. The van der Waals surface area contributed by atoms with Crippen molar-refractivity contribution in [2.45, 2.75) is 40.0 Å². The van der Waals surface area contributed by atoms with Crippen LogP contribution >= 0.6 is 11.3 Å². The number of hydrogen-bond donors (Lipinski definition) is 0. The third-order valence-electron chi connectivity index (χ3n) is 2.47. The maximum atomic E-state index is 5.64. The summed E-state index contributed by atoms with van der Waals surface area (Å²) in [5.74, 6) is 0. The standard InChI is InChI=1S/C12H18OS/c1-12(2,3)7-9-8-14-11-10(9)5-4-6-13-11/h8H,4-7H2,1-3H3. The van der Waals surface area contributed by atoms with Crippen LogP contribution in [-0.2, 0) is 12.8 Å². The third kappa shape index (κ3) is 2.11. The van der Waals surface area contributed by atoms with Gasteiger partial charge in [0.1, 0.15) is 0 Å². The van der Waals surface area contributed by atoms with Crippen LogP contribution < -0.4 is 4.74 Å². The largest absolute Gasteiger partial charge is 0.484 e. The summed E-state index contributed by atoms with van der Waals surface area (Å²) in [5.41, 5.74) is 3.38. The van der Waals surface area contributed by atoms with Crippen LogP contribution in [0.1, 0.15) is 38.3 Å². The maximum Gasteiger partial charge on any atom is 0.177 e. The lowest BCUT2D eigenvalue weighted by Crippen LogP contribution is -2.12. The summed E-state index contributed by atoms with van der Waals surface area (Å²) >= 11 is 1.77. The highest BCUT2D eigenvalue weighted by Crippen LogP contribution is 2.37. The van der Waals surface area contributed by atoms with E-state index in [-0.39, 0.29) is 0 Å². The van der Waals surface area contributed by atoms with Gasteiger partial charge in [-0.1, -0.05) is 20.8 Å². The first-order valence-electron chi connectivity index (χ1n) is 5.28. The van der Waals surface area contributed by atoms with Crippen molar-refractivity contribution in [1.29, 1.82) is 0 Å². The maximum absolute atomic E-state index is 5.64. The first-order valence-corrected chi connectivity index (χ1v) is 6.16. The smallest absolute Gasteiger partial charge is 0.177 e. The second kappa shape index (κ2) is 3.58. The lowest BCUT2D eigenvalue weighted by molar-refractivity contribution is 0.296. The Morgan fingerprint density at radius 2 is 2.21 bits per heavy atom. The minimum absolute atomic E-state index is 0.381. The van der Waals surface area contributed by atoms with Crippen molar-refractivity contribution in [3.63, 3.8) is 0 Å². The van der Waals surface area contributed by atoms with E-state index >= 15 is 0 Å². The van der Waals surface area contributed by atoms with Gasteiger partial charge in [0, 0.05) is 5.56 Å². The summed E-state index contributed by atoms with van der Waals surface area (Å²) < 4.78 is 5.64. The molecular formula is C12H18OS. The minimum Gasteiger partial charge on any atom is -0.484 e. The second-order valence-electron chi connectivity index (χ2n) is 5.22. The number of fused-ring (bicyclic) bond motifs is 1. The fourth-order valence-electron chi connectivity index (χ4n) is 1.92. The molecule has 1 aromatic rings. The summed E-state index contributed by atoms with van der Waals surface area (Å²) in [5, 5.41) is 3.46. The second-order valence-corrected chi connectivity index (χ2v) is 6.06. The Balaban J connectivity index is 2.22. The van der Waals surface area contributed by atoms with Gasteiger partial charge in [-0.05, 0) is 35.6 Å². The predicted molar refractivity (Wildman–Crippen MR) is 61.3 cm³/mol. The van der Waals surface area contributed by atoms with Gasteiger partial charge in [-0.3, -0.25) is 0 Å². The lowest BCUT2D eigenvalue weighted by atomic mass is 9.87. The number of hydrogen-bond acceptors (Lipinski definition) is 2. The highest BCUT2D eigenvalue weighted by molar-refractivity contribution is 7.12. The Morgan fingerprint density at radius 1 is 1.43 bits per heavy atom. The normalized spacial score (nSPS) is 16.2. The molecule has 0 unspecified atom stereocenters. The molecule has 14 heavy (non-hydrogen) atoms. The van der Waals surface area contributed by atoms with Gasteiger partial charge in [-0.25, -0.2) is 0 Å². The number of thiophene rings is 1. The summed E-state index contributed by atoms with van der Waals surface area (Å²) in [6.45, 7) is 7.78. The molecule has 0 saturated heterocycles. The van der Waals surface area contributed by atoms with Crippen LogP contribution in [0.3, 0.4) is 0 Å². The third-order valence-corrected chi connectivity index (χ3v) is 3.45. The first kappa shape index (κ1) is 10.0. The summed E-state index contributed by atoms with van der Waals surface area (Å²) in [4.78, 5) is 0. The topological polar surface area (TPSA) is 9.23 Å².